The van der Waals surface area contributed by atoms with Crippen LogP contribution in [0.25, 0.3) is 0 Å². The van der Waals surface area contributed by atoms with Gasteiger partial charge in [-0.2, -0.15) is 4.57 Å². The van der Waals surface area contributed by atoms with E-state index in [1.807, 2.05) is 36.0 Å². The van der Waals surface area contributed by atoms with E-state index in [0.717, 1.165) is 12.8 Å². The van der Waals surface area contributed by atoms with Crippen LogP contribution in [-0.4, -0.2) is 17.3 Å². The standard InChI is InChI=1S/C21H25ClN2OS/c1-4-15(5-2)16-11-13-24(14-12-16)19(21(26)23-6-3)20(25)17-9-7-8-10-18(17)22/h7-15,19H,4-6H2,1-3H3/p+1/t19-/m1/s1. The van der Waals surface area contributed by atoms with Gasteiger partial charge in [0.15, 0.2) is 17.4 Å². The van der Waals surface area contributed by atoms with E-state index in [0.29, 0.717) is 28.0 Å². The summed E-state index contributed by atoms with van der Waals surface area (Å²) in [6.45, 7) is 7.01. The molecule has 0 saturated heterocycles. The zero-order valence-electron chi connectivity index (χ0n) is 15.5. The van der Waals surface area contributed by atoms with Crippen molar-refractivity contribution in [3.8, 4) is 0 Å². The normalized spacial score (nSPS) is 12.0. The number of nitrogens with one attached hydrogen (secondary N) is 1. The highest BCUT2D eigenvalue weighted by Crippen LogP contribution is 2.23. The molecule has 1 atom stereocenters. The van der Waals surface area contributed by atoms with Crippen molar-refractivity contribution in [1.29, 1.82) is 0 Å². The van der Waals surface area contributed by atoms with Crippen molar-refractivity contribution in [1.82, 2.24) is 5.32 Å². The van der Waals surface area contributed by atoms with Gasteiger partial charge in [0.05, 0.1) is 5.02 Å². The summed E-state index contributed by atoms with van der Waals surface area (Å²) >= 11 is 11.8. The molecule has 1 heterocycles. The molecule has 0 aliphatic carbocycles. The second kappa shape index (κ2) is 9.79. The van der Waals surface area contributed by atoms with Gasteiger partial charge in [0.25, 0.3) is 6.04 Å². The van der Waals surface area contributed by atoms with Crippen molar-refractivity contribution < 1.29 is 9.36 Å². The maximum Gasteiger partial charge on any atom is 0.270 e. The molecule has 0 aliphatic heterocycles. The first-order valence-electron chi connectivity index (χ1n) is 9.10. The number of halogens is 1. The lowest BCUT2D eigenvalue weighted by molar-refractivity contribution is -0.692. The molecule has 0 amide bonds. The number of hydrogen-bond donors (Lipinski definition) is 1. The molecular formula is C21H26ClN2OS+. The number of carbonyl (C=O) groups excluding carboxylic acids is 1. The van der Waals surface area contributed by atoms with Crippen LogP contribution in [0.3, 0.4) is 0 Å². The number of rotatable bonds is 8. The Bertz CT molecular complexity index is 757. The van der Waals surface area contributed by atoms with Crippen LogP contribution in [0, 0.1) is 0 Å². The third-order valence-corrected chi connectivity index (χ3v) is 5.32. The average Bonchev–Trinajstić information content (AvgIpc) is 2.64. The van der Waals surface area contributed by atoms with Crippen LogP contribution in [0.1, 0.15) is 61.5 Å². The third kappa shape index (κ3) is 4.68. The molecule has 5 heteroatoms. The lowest BCUT2D eigenvalue weighted by Gasteiger charge is -2.16. The number of carbonyl (C=O) groups is 1. The van der Waals surface area contributed by atoms with Crippen molar-refractivity contribution in [2.45, 2.75) is 45.6 Å². The number of hydrogen-bond acceptors (Lipinski definition) is 2. The molecule has 2 rings (SSSR count). The Morgan fingerprint density at radius 3 is 2.27 bits per heavy atom. The molecule has 0 fully saturated rings. The number of likely N-dealkylation sites (N-methyl/N-ethyl adjacent to an activating group) is 1. The lowest BCUT2D eigenvalue weighted by Crippen LogP contribution is -2.51. The molecule has 0 aliphatic rings. The fourth-order valence-electron chi connectivity index (χ4n) is 3.12. The highest BCUT2D eigenvalue weighted by Gasteiger charge is 2.34. The van der Waals surface area contributed by atoms with Crippen molar-refractivity contribution in [2.24, 2.45) is 0 Å². The molecule has 0 saturated carbocycles. The smallest absolute Gasteiger partial charge is 0.270 e. The first-order chi connectivity index (χ1) is 12.5. The zero-order valence-corrected chi connectivity index (χ0v) is 17.1. The Balaban J connectivity index is 2.41. The van der Waals surface area contributed by atoms with Crippen LogP contribution in [0.4, 0.5) is 0 Å². The number of nitrogens with zero attached hydrogens (tertiary/aromatic N) is 1. The Morgan fingerprint density at radius 1 is 1.12 bits per heavy atom. The lowest BCUT2D eigenvalue weighted by atomic mass is 9.95. The maximum atomic E-state index is 13.2. The van der Waals surface area contributed by atoms with E-state index in [4.69, 9.17) is 23.8 Å². The number of thiocarbonyl (C=S) groups is 1. The van der Waals surface area contributed by atoms with Crippen LogP contribution >= 0.6 is 23.8 Å². The van der Waals surface area contributed by atoms with Gasteiger partial charge in [0, 0.05) is 24.2 Å². The number of ketones is 1. The topological polar surface area (TPSA) is 33.0 Å². The van der Waals surface area contributed by atoms with Gasteiger partial charge in [-0.15, -0.1) is 0 Å². The number of pyridine rings is 1. The van der Waals surface area contributed by atoms with Gasteiger partial charge in [0.2, 0.25) is 5.78 Å². The minimum absolute atomic E-state index is 0.109. The Kier molecular flexibility index (Phi) is 7.73. The highest BCUT2D eigenvalue weighted by atomic mass is 35.5. The van der Waals surface area contributed by atoms with Gasteiger partial charge in [-0.25, -0.2) is 0 Å². The Hall–Kier alpha value is -1.78. The molecule has 26 heavy (non-hydrogen) atoms. The fraction of sp³-hybridized carbons (Fsp3) is 0.381. The molecule has 3 nitrogen and oxygen atoms in total. The summed E-state index contributed by atoms with van der Waals surface area (Å²) in [5, 5.41) is 3.56. The molecule has 0 spiro atoms. The van der Waals surface area contributed by atoms with Crippen LogP contribution in [0.2, 0.25) is 5.02 Å². The van der Waals surface area contributed by atoms with Crippen LogP contribution in [0.15, 0.2) is 48.8 Å². The number of Topliss-reactive ketones (excluding diaryl/α,β-unsaturated/α-hetero) is 1. The Labute approximate surface area is 166 Å². The highest BCUT2D eigenvalue weighted by molar-refractivity contribution is 7.80. The first-order valence-corrected chi connectivity index (χ1v) is 9.89. The second-order valence-electron chi connectivity index (χ2n) is 6.23. The monoisotopic (exact) mass is 389 g/mol. The predicted octanol–water partition coefficient (Wildman–Crippen LogP) is 4.89. The zero-order chi connectivity index (χ0) is 19.1. The summed E-state index contributed by atoms with van der Waals surface area (Å²) < 4.78 is 1.86. The largest absolute Gasteiger partial charge is 0.374 e. The second-order valence-corrected chi connectivity index (χ2v) is 7.08. The van der Waals surface area contributed by atoms with E-state index in [-0.39, 0.29) is 5.78 Å². The third-order valence-electron chi connectivity index (χ3n) is 4.62. The molecule has 1 aromatic heterocycles. The molecule has 0 bridgehead atoms. The quantitative estimate of drug-likeness (QED) is 0.396. The summed E-state index contributed by atoms with van der Waals surface area (Å²) in [6.07, 6.45) is 6.07. The molecule has 0 radical (unpaired) electrons. The molecular weight excluding hydrogens is 364 g/mol. The summed E-state index contributed by atoms with van der Waals surface area (Å²) in [5.41, 5.74) is 1.76. The van der Waals surface area contributed by atoms with Crippen molar-refractivity contribution in [3.05, 3.63) is 64.9 Å². The van der Waals surface area contributed by atoms with E-state index in [2.05, 4.69) is 31.3 Å². The van der Waals surface area contributed by atoms with Crippen molar-refractivity contribution >= 4 is 34.6 Å². The van der Waals surface area contributed by atoms with Crippen LogP contribution < -0.4 is 9.88 Å². The minimum Gasteiger partial charge on any atom is -0.374 e. The fourth-order valence-corrected chi connectivity index (χ4v) is 3.72. The summed E-state index contributed by atoms with van der Waals surface area (Å²) in [7, 11) is 0. The SMILES string of the molecule is CCNC(=S)[C@@H](C(=O)c1ccccc1Cl)[n+]1ccc(C(CC)CC)cc1. The van der Waals surface area contributed by atoms with Gasteiger partial charge >= 0.3 is 0 Å². The summed E-state index contributed by atoms with van der Waals surface area (Å²) in [5.74, 6) is 0.421. The van der Waals surface area contributed by atoms with E-state index in [1.54, 1.807) is 12.1 Å². The summed E-state index contributed by atoms with van der Waals surface area (Å²) in [6, 6.07) is 10.6. The van der Waals surface area contributed by atoms with E-state index < -0.39 is 6.04 Å². The van der Waals surface area contributed by atoms with Crippen LogP contribution in [-0.2, 0) is 0 Å². The maximum absolute atomic E-state index is 13.2. The van der Waals surface area contributed by atoms with Crippen molar-refractivity contribution in [2.75, 3.05) is 6.54 Å². The van der Waals surface area contributed by atoms with Gasteiger partial charge in [-0.3, -0.25) is 4.79 Å². The van der Waals surface area contributed by atoms with Crippen LogP contribution in [0.5, 0.6) is 0 Å². The van der Waals surface area contributed by atoms with Gasteiger partial charge in [-0.1, -0.05) is 49.8 Å². The van der Waals surface area contributed by atoms with E-state index in [9.17, 15) is 4.79 Å². The first kappa shape index (κ1) is 20.5. The van der Waals surface area contributed by atoms with E-state index in [1.165, 1.54) is 5.56 Å². The number of aromatic nitrogens is 1. The molecule has 2 aromatic rings. The van der Waals surface area contributed by atoms with Gasteiger partial charge < -0.3 is 5.32 Å². The molecule has 1 aromatic carbocycles. The number of benzene rings is 1. The molecule has 138 valence electrons. The molecule has 0 unspecified atom stereocenters. The Morgan fingerprint density at radius 2 is 1.73 bits per heavy atom. The summed E-state index contributed by atoms with van der Waals surface area (Å²) in [4.78, 5) is 13.7. The van der Waals surface area contributed by atoms with Gasteiger partial charge in [-0.05, 0) is 43.4 Å². The predicted molar refractivity (Wildman–Crippen MR) is 111 cm³/mol. The average molecular weight is 390 g/mol. The molecule has 1 N–H and O–H groups in total. The van der Waals surface area contributed by atoms with E-state index >= 15 is 0 Å². The minimum atomic E-state index is -0.611. The van der Waals surface area contributed by atoms with Crippen molar-refractivity contribution in [3.63, 3.8) is 0 Å². The van der Waals surface area contributed by atoms with Gasteiger partial charge in [0.1, 0.15) is 0 Å².